The van der Waals surface area contributed by atoms with Crippen LogP contribution in [0, 0.1) is 11.7 Å². The summed E-state index contributed by atoms with van der Waals surface area (Å²) < 4.78 is 13.4. The van der Waals surface area contributed by atoms with Gasteiger partial charge in [0.05, 0.1) is 0 Å². The Morgan fingerprint density at radius 3 is 2.82 bits per heavy atom. The number of hydrogen-bond acceptors (Lipinski definition) is 2. The maximum absolute atomic E-state index is 13.4. The first-order chi connectivity index (χ1) is 8.29. The van der Waals surface area contributed by atoms with Crippen molar-refractivity contribution in [2.24, 2.45) is 5.92 Å². The second kappa shape index (κ2) is 6.41. The van der Waals surface area contributed by atoms with Crippen LogP contribution in [0.1, 0.15) is 25.7 Å². The van der Waals surface area contributed by atoms with Gasteiger partial charge in [-0.05, 0) is 37.9 Å². The maximum atomic E-state index is 13.4. The summed E-state index contributed by atoms with van der Waals surface area (Å²) in [5.74, 6) is 1.82. The molecule has 0 bridgehead atoms. The molecule has 1 nitrogen and oxygen atoms in total. The number of hydrogen-bond donors (Lipinski definition) is 1. The lowest BCUT2D eigenvalue weighted by atomic mass is 10.1. The lowest BCUT2D eigenvalue weighted by molar-refractivity contribution is 0.525. The molecule has 1 N–H and O–H groups in total. The van der Waals surface area contributed by atoms with Gasteiger partial charge in [-0.25, -0.2) is 4.39 Å². The van der Waals surface area contributed by atoms with Gasteiger partial charge in [0.1, 0.15) is 5.82 Å². The number of rotatable bonds is 7. The van der Waals surface area contributed by atoms with Gasteiger partial charge in [0.2, 0.25) is 0 Å². The van der Waals surface area contributed by atoms with Gasteiger partial charge in [-0.3, -0.25) is 0 Å². The Balaban J connectivity index is 1.76. The minimum absolute atomic E-state index is 0.102. The van der Waals surface area contributed by atoms with Crippen molar-refractivity contribution in [1.82, 2.24) is 5.32 Å². The van der Waals surface area contributed by atoms with E-state index in [0.717, 1.165) is 16.6 Å². The van der Waals surface area contributed by atoms with Crippen LogP contribution in [0.3, 0.4) is 0 Å². The summed E-state index contributed by atoms with van der Waals surface area (Å²) in [4.78, 5) is 0.763. The molecule has 1 fully saturated rings. The zero-order valence-electron chi connectivity index (χ0n) is 10.3. The van der Waals surface area contributed by atoms with E-state index in [2.05, 4.69) is 5.32 Å². The molecule has 0 saturated heterocycles. The lowest BCUT2D eigenvalue weighted by Crippen LogP contribution is -2.27. The summed E-state index contributed by atoms with van der Waals surface area (Å²) in [6.07, 6.45) is 5.36. The Morgan fingerprint density at radius 1 is 1.41 bits per heavy atom. The fraction of sp³-hybridized carbons (Fsp3) is 0.571. The first kappa shape index (κ1) is 12.9. The minimum Gasteiger partial charge on any atom is -0.316 e. The monoisotopic (exact) mass is 253 g/mol. The molecule has 17 heavy (non-hydrogen) atoms. The topological polar surface area (TPSA) is 12.0 Å². The fourth-order valence-corrected chi connectivity index (χ4v) is 3.00. The van der Waals surface area contributed by atoms with Gasteiger partial charge < -0.3 is 5.32 Å². The van der Waals surface area contributed by atoms with Crippen molar-refractivity contribution < 1.29 is 4.39 Å². The molecule has 0 heterocycles. The average molecular weight is 253 g/mol. The van der Waals surface area contributed by atoms with Crippen LogP contribution < -0.4 is 5.32 Å². The van der Waals surface area contributed by atoms with E-state index < -0.39 is 0 Å². The van der Waals surface area contributed by atoms with Crippen LogP contribution in [0.5, 0.6) is 0 Å². The molecule has 3 heteroatoms. The third-order valence-corrected chi connectivity index (χ3v) is 4.52. The summed E-state index contributed by atoms with van der Waals surface area (Å²) in [6.45, 7) is 0. The molecule has 1 atom stereocenters. The highest BCUT2D eigenvalue weighted by molar-refractivity contribution is 7.99. The van der Waals surface area contributed by atoms with Gasteiger partial charge >= 0.3 is 0 Å². The smallest absolute Gasteiger partial charge is 0.136 e. The Morgan fingerprint density at radius 2 is 2.18 bits per heavy atom. The summed E-state index contributed by atoms with van der Waals surface area (Å²) in [5.41, 5.74) is 0. The van der Waals surface area contributed by atoms with Crippen LogP contribution >= 0.6 is 11.8 Å². The van der Waals surface area contributed by atoms with Gasteiger partial charge in [0.25, 0.3) is 0 Å². The summed E-state index contributed by atoms with van der Waals surface area (Å²) in [5, 5.41) is 3.33. The molecule has 0 spiro atoms. The number of halogens is 1. The Labute approximate surface area is 107 Å². The maximum Gasteiger partial charge on any atom is 0.136 e. The van der Waals surface area contributed by atoms with E-state index in [1.165, 1.54) is 31.7 Å². The van der Waals surface area contributed by atoms with Crippen LogP contribution in [0.15, 0.2) is 29.2 Å². The first-order valence-electron chi connectivity index (χ1n) is 6.34. The first-order valence-corrected chi connectivity index (χ1v) is 7.32. The molecule has 1 saturated carbocycles. The van der Waals surface area contributed by atoms with E-state index in [9.17, 15) is 4.39 Å². The fourth-order valence-electron chi connectivity index (χ4n) is 1.91. The number of benzene rings is 1. The molecular weight excluding hydrogens is 233 g/mol. The second-order valence-electron chi connectivity index (χ2n) is 4.75. The van der Waals surface area contributed by atoms with Crippen LogP contribution in [-0.2, 0) is 0 Å². The largest absolute Gasteiger partial charge is 0.316 e. The highest BCUT2D eigenvalue weighted by Crippen LogP contribution is 2.34. The number of thioether (sulfide) groups is 1. The van der Waals surface area contributed by atoms with Crippen molar-refractivity contribution in [3.05, 3.63) is 30.1 Å². The third-order valence-electron chi connectivity index (χ3n) is 3.31. The molecule has 1 aromatic carbocycles. The number of nitrogens with one attached hydrogen (secondary N) is 1. The molecule has 0 radical (unpaired) electrons. The molecule has 1 aliphatic rings. The van der Waals surface area contributed by atoms with E-state index in [1.54, 1.807) is 17.8 Å². The van der Waals surface area contributed by atoms with Crippen molar-refractivity contribution in [2.75, 3.05) is 12.8 Å². The quantitative estimate of drug-likeness (QED) is 0.744. The predicted molar refractivity (Wildman–Crippen MR) is 71.9 cm³/mol. The molecular formula is C14H20FNS. The van der Waals surface area contributed by atoms with E-state index in [-0.39, 0.29) is 5.82 Å². The van der Waals surface area contributed by atoms with Crippen molar-refractivity contribution in [3.63, 3.8) is 0 Å². The van der Waals surface area contributed by atoms with Crippen molar-refractivity contribution in [3.8, 4) is 0 Å². The highest BCUT2D eigenvalue weighted by atomic mass is 32.2. The molecule has 0 amide bonds. The molecule has 0 aliphatic heterocycles. The van der Waals surface area contributed by atoms with E-state index in [0.29, 0.717) is 6.04 Å². The Hall–Kier alpha value is -0.540. The van der Waals surface area contributed by atoms with E-state index in [4.69, 9.17) is 0 Å². The standard InChI is InChI=1S/C14H20FNS/c1-16-12(9-8-11-6-7-11)10-17-14-5-3-2-4-13(14)15/h2-5,11-12,16H,6-10H2,1H3. The second-order valence-corrected chi connectivity index (χ2v) is 5.81. The minimum atomic E-state index is -0.102. The zero-order chi connectivity index (χ0) is 12.1. The molecule has 2 rings (SSSR count). The SMILES string of the molecule is CNC(CCC1CC1)CSc1ccccc1F. The van der Waals surface area contributed by atoms with Gasteiger partial charge in [0.15, 0.2) is 0 Å². The van der Waals surface area contributed by atoms with Gasteiger partial charge in [0, 0.05) is 16.7 Å². The van der Waals surface area contributed by atoms with Crippen molar-refractivity contribution in [2.45, 2.75) is 36.6 Å². The summed E-state index contributed by atoms with van der Waals surface area (Å²) in [6, 6.07) is 7.51. The lowest BCUT2D eigenvalue weighted by Gasteiger charge is -2.15. The molecule has 1 aromatic rings. The van der Waals surface area contributed by atoms with Crippen molar-refractivity contribution in [1.29, 1.82) is 0 Å². The normalized spacial score (nSPS) is 17.1. The Bertz CT molecular complexity index is 352. The van der Waals surface area contributed by atoms with Crippen molar-refractivity contribution >= 4 is 11.8 Å². The molecule has 0 aromatic heterocycles. The van der Waals surface area contributed by atoms with Crippen LogP contribution in [-0.4, -0.2) is 18.8 Å². The molecule has 1 aliphatic carbocycles. The van der Waals surface area contributed by atoms with Crippen LogP contribution in [0.4, 0.5) is 4.39 Å². The van der Waals surface area contributed by atoms with Gasteiger partial charge in [-0.2, -0.15) is 0 Å². The predicted octanol–water partition coefficient (Wildman–Crippen LogP) is 3.70. The van der Waals surface area contributed by atoms with Gasteiger partial charge in [-0.1, -0.05) is 25.0 Å². The van der Waals surface area contributed by atoms with E-state index >= 15 is 0 Å². The van der Waals surface area contributed by atoms with Crippen LogP contribution in [0.25, 0.3) is 0 Å². The van der Waals surface area contributed by atoms with Gasteiger partial charge in [-0.15, -0.1) is 11.8 Å². The van der Waals surface area contributed by atoms with Crippen LogP contribution in [0.2, 0.25) is 0 Å². The summed E-state index contributed by atoms with van der Waals surface area (Å²) >= 11 is 1.61. The summed E-state index contributed by atoms with van der Waals surface area (Å²) in [7, 11) is 2.00. The molecule has 94 valence electrons. The van der Waals surface area contributed by atoms with E-state index in [1.807, 2.05) is 19.2 Å². The Kier molecular flexibility index (Phi) is 4.86. The average Bonchev–Trinajstić information content (AvgIpc) is 3.15. The third kappa shape index (κ3) is 4.32. The zero-order valence-corrected chi connectivity index (χ0v) is 11.1. The molecule has 1 unspecified atom stereocenters. The highest BCUT2D eigenvalue weighted by Gasteiger charge is 2.22.